The minimum absolute atomic E-state index is 0.0272. The lowest BCUT2D eigenvalue weighted by Gasteiger charge is -2.03. The van der Waals surface area contributed by atoms with Crippen molar-refractivity contribution < 1.29 is 9.90 Å². The number of rotatable bonds is 1. The fourth-order valence-corrected chi connectivity index (χ4v) is 1.38. The summed E-state index contributed by atoms with van der Waals surface area (Å²) in [4.78, 5) is 14.3. The highest BCUT2D eigenvalue weighted by Gasteiger charge is 2.11. The van der Waals surface area contributed by atoms with Gasteiger partial charge in [-0.25, -0.2) is 9.78 Å². The van der Waals surface area contributed by atoms with E-state index in [4.69, 9.17) is 10.8 Å². The van der Waals surface area contributed by atoms with Crippen LogP contribution in [0.4, 0.5) is 5.82 Å². The fourth-order valence-electron chi connectivity index (χ4n) is 0.805. The normalized spacial score (nSPS) is 9.83. The summed E-state index contributed by atoms with van der Waals surface area (Å²) in [5.41, 5.74) is 6.06. The summed E-state index contributed by atoms with van der Waals surface area (Å²) in [7, 11) is 0. The van der Waals surface area contributed by atoms with Crippen LogP contribution in [0.3, 0.4) is 0 Å². The van der Waals surface area contributed by atoms with Gasteiger partial charge in [-0.3, -0.25) is 0 Å². The van der Waals surface area contributed by atoms with Crippen LogP contribution in [0.5, 0.6) is 0 Å². The van der Waals surface area contributed by atoms with E-state index >= 15 is 0 Å². The molecular weight excluding hydrogens is 271 g/mol. The van der Waals surface area contributed by atoms with Gasteiger partial charge in [-0.15, -0.1) is 0 Å². The van der Waals surface area contributed by atoms with E-state index in [0.717, 1.165) is 3.57 Å². The second-order valence-electron chi connectivity index (χ2n) is 2.31. The molecule has 0 aromatic carbocycles. The molecule has 1 heterocycles. The van der Waals surface area contributed by atoms with Crippen molar-refractivity contribution in [1.29, 1.82) is 0 Å². The van der Waals surface area contributed by atoms with Gasteiger partial charge in [0.2, 0.25) is 0 Å². The van der Waals surface area contributed by atoms with Crippen LogP contribution in [0.2, 0.25) is 0 Å². The highest BCUT2D eigenvalue weighted by molar-refractivity contribution is 14.1. The first-order chi connectivity index (χ1) is 5.52. The van der Waals surface area contributed by atoms with Gasteiger partial charge in [0.05, 0.1) is 0 Å². The first-order valence-electron chi connectivity index (χ1n) is 3.18. The van der Waals surface area contributed by atoms with E-state index in [0.29, 0.717) is 5.56 Å². The molecular formula is C7H7IN2O2. The number of pyridine rings is 1. The fraction of sp³-hybridized carbons (Fsp3) is 0.143. The summed E-state index contributed by atoms with van der Waals surface area (Å²) in [5, 5.41) is 8.69. The number of hydrogen-bond acceptors (Lipinski definition) is 3. The van der Waals surface area contributed by atoms with Crippen LogP contribution in [0.1, 0.15) is 16.1 Å². The highest BCUT2D eigenvalue weighted by Crippen LogP contribution is 2.16. The topological polar surface area (TPSA) is 76.2 Å². The molecule has 0 amide bonds. The van der Waals surface area contributed by atoms with Crippen LogP contribution < -0.4 is 5.73 Å². The molecule has 64 valence electrons. The third-order valence-corrected chi connectivity index (χ3v) is 2.55. The Balaban J connectivity index is 3.37. The lowest BCUT2D eigenvalue weighted by molar-refractivity contribution is 0.0689. The Morgan fingerprint density at radius 2 is 2.33 bits per heavy atom. The Morgan fingerprint density at radius 3 is 2.83 bits per heavy atom. The first-order valence-corrected chi connectivity index (χ1v) is 4.26. The molecule has 1 aromatic heterocycles. The number of halogens is 1. The van der Waals surface area contributed by atoms with Gasteiger partial charge < -0.3 is 10.8 Å². The highest BCUT2D eigenvalue weighted by atomic mass is 127. The third-order valence-electron chi connectivity index (χ3n) is 1.43. The molecule has 0 radical (unpaired) electrons. The van der Waals surface area contributed by atoms with Crippen LogP contribution in [0.15, 0.2) is 6.07 Å². The van der Waals surface area contributed by atoms with E-state index in [2.05, 4.69) is 4.98 Å². The smallest absolute Gasteiger partial charge is 0.354 e. The summed E-state index contributed by atoms with van der Waals surface area (Å²) in [6.07, 6.45) is 0. The van der Waals surface area contributed by atoms with Crippen molar-refractivity contribution in [3.05, 3.63) is 20.9 Å². The number of hydrogen-bond donors (Lipinski definition) is 2. The Labute approximate surface area is 82.9 Å². The molecule has 0 saturated carbocycles. The van der Waals surface area contributed by atoms with Gasteiger partial charge >= 0.3 is 5.97 Å². The van der Waals surface area contributed by atoms with Gasteiger partial charge in [0, 0.05) is 3.57 Å². The summed E-state index contributed by atoms with van der Waals surface area (Å²) in [6, 6.07) is 1.64. The zero-order valence-corrected chi connectivity index (χ0v) is 8.49. The molecule has 0 atom stereocenters. The predicted octanol–water partition coefficient (Wildman–Crippen LogP) is 1.28. The van der Waals surface area contributed by atoms with Gasteiger partial charge in [0.15, 0.2) is 5.69 Å². The first kappa shape index (κ1) is 9.24. The molecule has 0 fully saturated rings. The minimum atomic E-state index is -1.04. The van der Waals surface area contributed by atoms with E-state index in [9.17, 15) is 4.79 Å². The van der Waals surface area contributed by atoms with Gasteiger partial charge in [0.25, 0.3) is 0 Å². The lowest BCUT2D eigenvalue weighted by atomic mass is 10.2. The van der Waals surface area contributed by atoms with E-state index < -0.39 is 5.97 Å². The number of nitrogens with two attached hydrogens (primary N) is 1. The molecule has 0 spiro atoms. The molecule has 12 heavy (non-hydrogen) atoms. The van der Waals surface area contributed by atoms with E-state index in [-0.39, 0.29) is 11.5 Å². The second-order valence-corrected chi connectivity index (χ2v) is 3.47. The molecule has 3 N–H and O–H groups in total. The van der Waals surface area contributed by atoms with Crippen molar-refractivity contribution >= 4 is 34.4 Å². The van der Waals surface area contributed by atoms with Gasteiger partial charge in [0.1, 0.15) is 5.82 Å². The maximum atomic E-state index is 10.6. The van der Waals surface area contributed by atoms with Crippen LogP contribution >= 0.6 is 22.6 Å². The lowest BCUT2D eigenvalue weighted by Crippen LogP contribution is -2.07. The van der Waals surface area contributed by atoms with Crippen LogP contribution in [-0.2, 0) is 0 Å². The second kappa shape index (κ2) is 3.26. The molecule has 0 unspecified atom stereocenters. The number of anilines is 1. The van der Waals surface area contributed by atoms with Crippen molar-refractivity contribution in [3.8, 4) is 0 Å². The Hall–Kier alpha value is -0.850. The summed E-state index contributed by atoms with van der Waals surface area (Å²) >= 11 is 2.03. The Bertz CT molecular complexity index is 338. The van der Waals surface area contributed by atoms with Crippen molar-refractivity contribution in [3.63, 3.8) is 0 Å². The molecule has 4 nitrogen and oxygen atoms in total. The molecule has 5 heteroatoms. The van der Waals surface area contributed by atoms with E-state index in [1.54, 1.807) is 13.0 Å². The van der Waals surface area contributed by atoms with Crippen LogP contribution in [-0.4, -0.2) is 16.1 Å². The molecule has 0 aliphatic heterocycles. The predicted molar refractivity (Wildman–Crippen MR) is 53.1 cm³/mol. The largest absolute Gasteiger partial charge is 0.477 e. The van der Waals surface area contributed by atoms with Crippen molar-refractivity contribution in [1.82, 2.24) is 4.98 Å². The number of carboxylic acids is 1. The molecule has 0 saturated heterocycles. The number of aromatic carboxylic acids is 1. The number of aromatic nitrogens is 1. The monoisotopic (exact) mass is 278 g/mol. The maximum absolute atomic E-state index is 10.6. The van der Waals surface area contributed by atoms with Crippen LogP contribution in [0, 0.1) is 10.5 Å². The molecule has 1 rings (SSSR count). The van der Waals surface area contributed by atoms with Crippen molar-refractivity contribution in [2.24, 2.45) is 0 Å². The van der Waals surface area contributed by atoms with Crippen molar-refractivity contribution in [2.75, 3.05) is 5.73 Å². The quantitative estimate of drug-likeness (QED) is 0.758. The van der Waals surface area contributed by atoms with Crippen molar-refractivity contribution in [2.45, 2.75) is 6.92 Å². The summed E-state index contributed by atoms with van der Waals surface area (Å²) < 4.78 is 0.817. The third kappa shape index (κ3) is 1.66. The number of nitrogens with zero attached hydrogens (tertiary/aromatic N) is 1. The standard InChI is InChI=1S/C7H7IN2O2/c1-3-4(8)2-5(9)10-6(3)7(11)12/h2H,1H3,(H2,9,10)(H,11,12). The molecule has 0 aliphatic carbocycles. The zero-order valence-electron chi connectivity index (χ0n) is 6.34. The number of carboxylic acid groups (broad SMARTS) is 1. The summed E-state index contributed by atoms with van der Waals surface area (Å²) in [5.74, 6) is -0.805. The maximum Gasteiger partial charge on any atom is 0.354 e. The zero-order chi connectivity index (χ0) is 9.30. The van der Waals surface area contributed by atoms with Crippen LogP contribution in [0.25, 0.3) is 0 Å². The summed E-state index contributed by atoms with van der Waals surface area (Å²) in [6.45, 7) is 1.71. The Morgan fingerprint density at radius 1 is 1.75 bits per heavy atom. The SMILES string of the molecule is Cc1c(I)cc(N)nc1C(=O)O. The minimum Gasteiger partial charge on any atom is -0.477 e. The average molecular weight is 278 g/mol. The number of nitrogen functional groups attached to an aromatic ring is 1. The van der Waals surface area contributed by atoms with Gasteiger partial charge in [-0.05, 0) is 41.1 Å². The Kier molecular flexibility index (Phi) is 2.51. The molecule has 0 bridgehead atoms. The molecule has 1 aromatic rings. The molecule has 0 aliphatic rings. The number of carbonyl (C=O) groups is 1. The van der Waals surface area contributed by atoms with E-state index in [1.807, 2.05) is 22.6 Å². The van der Waals surface area contributed by atoms with Gasteiger partial charge in [-0.1, -0.05) is 0 Å². The average Bonchev–Trinajstić information content (AvgIpc) is 1.96. The van der Waals surface area contributed by atoms with E-state index in [1.165, 1.54) is 0 Å². The van der Waals surface area contributed by atoms with Gasteiger partial charge in [-0.2, -0.15) is 0 Å².